The molecule has 6 nitrogen and oxygen atoms in total. The van der Waals surface area contributed by atoms with Crippen LogP contribution in [-0.2, 0) is 25.9 Å². The van der Waals surface area contributed by atoms with Crippen LogP contribution in [0.2, 0.25) is 0 Å². The molecule has 0 spiro atoms. The fraction of sp³-hybridized carbons (Fsp3) is 0.471. The second kappa shape index (κ2) is 15.0. The predicted molar refractivity (Wildman–Crippen MR) is 158 cm³/mol. The first-order valence-electron chi connectivity index (χ1n) is 14.7. The number of rotatable bonds is 15. The number of aliphatic hydroxyl groups excluding tert-OH is 2. The summed E-state index contributed by atoms with van der Waals surface area (Å²) in [6, 6.07) is 18.0. The minimum atomic E-state index is -0.644. The third kappa shape index (κ3) is 7.49. The highest BCUT2D eigenvalue weighted by Crippen LogP contribution is 2.39. The lowest BCUT2D eigenvalue weighted by atomic mass is 9.96. The average molecular weight is 549 g/mol. The molecule has 0 amide bonds. The fourth-order valence-electron chi connectivity index (χ4n) is 5.20. The van der Waals surface area contributed by atoms with Crippen LogP contribution in [0.5, 0.6) is 23.0 Å². The van der Waals surface area contributed by atoms with Gasteiger partial charge in [-0.1, -0.05) is 63.1 Å². The molecule has 3 aromatic rings. The van der Waals surface area contributed by atoms with Gasteiger partial charge in [-0.2, -0.15) is 0 Å². The highest BCUT2D eigenvalue weighted by atomic mass is 16.5. The van der Waals surface area contributed by atoms with E-state index in [1.165, 1.54) is 5.56 Å². The number of fused-ring (bicyclic) bond motifs is 1. The molecule has 216 valence electrons. The molecule has 6 heteroatoms. The van der Waals surface area contributed by atoms with Gasteiger partial charge in [0.25, 0.3) is 0 Å². The Labute approximate surface area is 238 Å². The summed E-state index contributed by atoms with van der Waals surface area (Å²) in [5.74, 6) is 3.25. The van der Waals surface area contributed by atoms with Gasteiger partial charge in [-0.05, 0) is 61.9 Å². The Morgan fingerprint density at radius 1 is 0.875 bits per heavy atom. The monoisotopic (exact) mass is 548 g/mol. The van der Waals surface area contributed by atoms with Gasteiger partial charge >= 0.3 is 0 Å². The first kappa shape index (κ1) is 29.8. The zero-order valence-corrected chi connectivity index (χ0v) is 24.2. The van der Waals surface area contributed by atoms with Crippen LogP contribution in [0.4, 0.5) is 0 Å². The van der Waals surface area contributed by atoms with Gasteiger partial charge in [0.1, 0.15) is 35.7 Å². The molecule has 3 aromatic carbocycles. The Kier molecular flexibility index (Phi) is 11.1. The Balaban J connectivity index is 1.41. The van der Waals surface area contributed by atoms with E-state index in [2.05, 4.69) is 26.0 Å². The second-order valence-electron chi connectivity index (χ2n) is 10.5. The molecule has 0 radical (unpaired) electrons. The normalized spacial score (nSPS) is 15.2. The van der Waals surface area contributed by atoms with Crippen LogP contribution in [0.3, 0.4) is 0 Å². The minimum absolute atomic E-state index is 0.0324. The van der Waals surface area contributed by atoms with Crippen molar-refractivity contribution in [1.29, 1.82) is 0 Å². The molecule has 2 unspecified atom stereocenters. The van der Waals surface area contributed by atoms with Gasteiger partial charge in [-0.3, -0.25) is 0 Å². The van der Waals surface area contributed by atoms with Gasteiger partial charge in [0.05, 0.1) is 25.9 Å². The maximum Gasteiger partial charge on any atom is 0.132 e. The van der Waals surface area contributed by atoms with Crippen molar-refractivity contribution in [2.75, 3.05) is 19.8 Å². The highest BCUT2D eigenvalue weighted by Gasteiger charge is 2.24. The Hall–Kier alpha value is -3.22. The van der Waals surface area contributed by atoms with E-state index in [0.717, 1.165) is 78.0 Å². The third-order valence-corrected chi connectivity index (χ3v) is 7.25. The molecule has 2 atom stereocenters. The lowest BCUT2D eigenvalue weighted by molar-refractivity contribution is 0.0962. The van der Waals surface area contributed by atoms with Crippen LogP contribution < -0.4 is 18.9 Å². The summed E-state index contributed by atoms with van der Waals surface area (Å²) in [4.78, 5) is 0. The Morgan fingerprint density at radius 2 is 1.55 bits per heavy atom. The Morgan fingerprint density at radius 3 is 2.23 bits per heavy atom. The van der Waals surface area contributed by atoms with E-state index in [9.17, 15) is 10.2 Å². The minimum Gasteiger partial charge on any atom is -0.493 e. The SMILES string of the molecule is CCCc1c(OCCCOc2ccc(C(C)O)c(OCc3ccccc3)c2CCC)ccc2c1OC(CO)CC2. The smallest absolute Gasteiger partial charge is 0.132 e. The number of aryl methyl sites for hydroxylation is 1. The second-order valence-corrected chi connectivity index (χ2v) is 10.5. The molecule has 0 aromatic heterocycles. The van der Waals surface area contributed by atoms with Crippen molar-refractivity contribution in [3.05, 3.63) is 82.4 Å². The average Bonchev–Trinajstić information content (AvgIpc) is 2.97. The molecule has 40 heavy (non-hydrogen) atoms. The summed E-state index contributed by atoms with van der Waals surface area (Å²) in [6.07, 6.45) is 5.26. The summed E-state index contributed by atoms with van der Waals surface area (Å²) in [7, 11) is 0. The molecule has 0 fully saturated rings. The van der Waals surface area contributed by atoms with Crippen molar-refractivity contribution in [2.45, 2.75) is 84.5 Å². The van der Waals surface area contributed by atoms with Crippen LogP contribution in [0.25, 0.3) is 0 Å². The van der Waals surface area contributed by atoms with Crippen molar-refractivity contribution < 1.29 is 29.2 Å². The van der Waals surface area contributed by atoms with E-state index in [-0.39, 0.29) is 12.7 Å². The van der Waals surface area contributed by atoms with E-state index in [1.807, 2.05) is 42.5 Å². The largest absolute Gasteiger partial charge is 0.493 e. The zero-order valence-electron chi connectivity index (χ0n) is 24.2. The molecule has 0 aliphatic carbocycles. The van der Waals surface area contributed by atoms with Crippen molar-refractivity contribution >= 4 is 0 Å². The molecule has 4 rings (SSSR count). The van der Waals surface area contributed by atoms with Crippen molar-refractivity contribution in [1.82, 2.24) is 0 Å². The third-order valence-electron chi connectivity index (χ3n) is 7.25. The predicted octanol–water partition coefficient (Wildman–Crippen LogP) is 6.76. The van der Waals surface area contributed by atoms with Gasteiger partial charge < -0.3 is 29.2 Å². The van der Waals surface area contributed by atoms with E-state index in [4.69, 9.17) is 18.9 Å². The summed E-state index contributed by atoms with van der Waals surface area (Å²) in [5.41, 5.74) is 5.13. The zero-order chi connectivity index (χ0) is 28.3. The van der Waals surface area contributed by atoms with Crippen molar-refractivity contribution in [3.63, 3.8) is 0 Å². The van der Waals surface area contributed by atoms with Crippen LogP contribution in [-0.4, -0.2) is 36.1 Å². The van der Waals surface area contributed by atoms with Gasteiger partial charge in [-0.15, -0.1) is 0 Å². The molecule has 1 aliphatic heterocycles. The molecular formula is C34H44O6. The van der Waals surface area contributed by atoms with Gasteiger partial charge in [0.2, 0.25) is 0 Å². The lowest BCUT2D eigenvalue weighted by Crippen LogP contribution is -2.27. The number of hydrogen-bond donors (Lipinski definition) is 2. The first-order chi connectivity index (χ1) is 19.5. The highest BCUT2D eigenvalue weighted by molar-refractivity contribution is 5.52. The van der Waals surface area contributed by atoms with E-state index >= 15 is 0 Å². The van der Waals surface area contributed by atoms with E-state index in [1.54, 1.807) is 6.92 Å². The number of ether oxygens (including phenoxy) is 4. The van der Waals surface area contributed by atoms with Gasteiger partial charge in [-0.25, -0.2) is 0 Å². The number of benzene rings is 3. The maximum atomic E-state index is 10.4. The molecule has 0 bridgehead atoms. The quantitative estimate of drug-likeness (QED) is 0.204. The lowest BCUT2D eigenvalue weighted by Gasteiger charge is -2.28. The summed E-state index contributed by atoms with van der Waals surface area (Å²) in [6.45, 7) is 7.53. The van der Waals surface area contributed by atoms with Crippen molar-refractivity contribution in [2.24, 2.45) is 0 Å². The molecule has 2 N–H and O–H groups in total. The van der Waals surface area contributed by atoms with Crippen LogP contribution in [0, 0.1) is 0 Å². The number of hydrogen-bond acceptors (Lipinski definition) is 6. The standard InChI is InChI=1S/C34H44O6/c1-4-10-29-31(18-15-26-14-16-27(22-35)40-33(26)29)37-20-9-21-38-32-19-17-28(24(3)36)34(30(32)11-5-2)39-23-25-12-7-6-8-13-25/h6-8,12-13,15,17-19,24,27,35-36H,4-5,9-11,14,16,20-23H2,1-3H3. The molecule has 1 heterocycles. The topological polar surface area (TPSA) is 77.4 Å². The number of aliphatic hydroxyl groups is 2. The molecule has 0 saturated heterocycles. The summed E-state index contributed by atoms with van der Waals surface area (Å²) < 4.78 is 24.9. The van der Waals surface area contributed by atoms with Crippen molar-refractivity contribution in [3.8, 4) is 23.0 Å². The fourth-order valence-corrected chi connectivity index (χ4v) is 5.20. The first-order valence-corrected chi connectivity index (χ1v) is 14.7. The van der Waals surface area contributed by atoms with E-state index in [0.29, 0.717) is 32.0 Å². The summed E-state index contributed by atoms with van der Waals surface area (Å²) in [5, 5.41) is 20.0. The maximum absolute atomic E-state index is 10.4. The van der Waals surface area contributed by atoms with Crippen LogP contribution >= 0.6 is 0 Å². The molecule has 1 aliphatic rings. The van der Waals surface area contributed by atoms with Crippen LogP contribution in [0.1, 0.15) is 80.4 Å². The van der Waals surface area contributed by atoms with Gasteiger partial charge in [0.15, 0.2) is 0 Å². The van der Waals surface area contributed by atoms with Gasteiger partial charge in [0, 0.05) is 23.1 Å². The summed E-state index contributed by atoms with van der Waals surface area (Å²) >= 11 is 0. The van der Waals surface area contributed by atoms with E-state index < -0.39 is 6.10 Å². The molecule has 0 saturated carbocycles. The Bertz CT molecular complexity index is 1210. The van der Waals surface area contributed by atoms with Crippen LogP contribution in [0.15, 0.2) is 54.6 Å². The molecular weight excluding hydrogens is 504 g/mol.